The fraction of sp³-hybridized carbons (Fsp3) is 0.625. The normalized spacial score (nSPS) is 26.9. The number of hydrogen-bond donors (Lipinski definition) is 2. The van der Waals surface area contributed by atoms with Gasteiger partial charge in [0.15, 0.2) is 0 Å². The molecule has 1 saturated carbocycles. The number of likely N-dealkylation sites (tertiary alicyclic amines) is 1. The number of imide groups is 1. The molecule has 1 spiro atoms. The van der Waals surface area contributed by atoms with Crippen LogP contribution < -0.4 is 15.4 Å². The Kier molecular flexibility index (Phi) is 6.69. The predicted molar refractivity (Wildman–Crippen MR) is 120 cm³/mol. The maximum Gasteiger partial charge on any atom is 0.325 e. The first-order valence-corrected chi connectivity index (χ1v) is 11.7. The van der Waals surface area contributed by atoms with E-state index in [4.69, 9.17) is 4.74 Å². The maximum atomic E-state index is 13.1. The molecule has 1 aliphatic carbocycles. The topological polar surface area (TPSA) is 91.0 Å². The van der Waals surface area contributed by atoms with Gasteiger partial charge in [-0.15, -0.1) is 0 Å². The van der Waals surface area contributed by atoms with Crippen molar-refractivity contribution in [1.29, 1.82) is 0 Å². The molecule has 3 unspecified atom stereocenters. The first-order chi connectivity index (χ1) is 15.4. The monoisotopic (exact) mass is 442 g/mol. The summed E-state index contributed by atoms with van der Waals surface area (Å²) in [6, 6.07) is 7.47. The smallest absolute Gasteiger partial charge is 0.325 e. The number of rotatable bonds is 7. The third-order valence-corrected chi connectivity index (χ3v) is 7.36. The molecule has 3 fully saturated rings. The van der Waals surface area contributed by atoms with Crippen LogP contribution in [-0.4, -0.2) is 66.5 Å². The van der Waals surface area contributed by atoms with E-state index in [1.807, 2.05) is 31.2 Å². The Labute approximate surface area is 189 Å². The number of amides is 4. The number of ether oxygens (including phenoxy) is 1. The van der Waals surface area contributed by atoms with E-state index >= 15 is 0 Å². The Morgan fingerprint density at radius 3 is 2.75 bits per heavy atom. The SMILES string of the molecule is COc1cccc(C(CNC(=O)CN2C(=O)NC3(CCCCC3C)C2=O)N2CCCC2)c1. The van der Waals surface area contributed by atoms with Gasteiger partial charge in [0.1, 0.15) is 17.8 Å². The van der Waals surface area contributed by atoms with Crippen LogP contribution >= 0.6 is 0 Å². The zero-order valence-electron chi connectivity index (χ0n) is 19.1. The molecule has 0 radical (unpaired) electrons. The van der Waals surface area contributed by atoms with Crippen LogP contribution in [0.5, 0.6) is 5.75 Å². The van der Waals surface area contributed by atoms with Crippen molar-refractivity contribution in [3.8, 4) is 5.75 Å². The van der Waals surface area contributed by atoms with Crippen LogP contribution in [0.3, 0.4) is 0 Å². The number of nitrogens with one attached hydrogen (secondary N) is 2. The Hall–Kier alpha value is -2.61. The van der Waals surface area contributed by atoms with Gasteiger partial charge in [-0.25, -0.2) is 4.79 Å². The lowest BCUT2D eigenvalue weighted by molar-refractivity contribution is -0.137. The highest BCUT2D eigenvalue weighted by Crippen LogP contribution is 2.38. The van der Waals surface area contributed by atoms with Crippen LogP contribution in [0.2, 0.25) is 0 Å². The molecule has 3 atom stereocenters. The highest BCUT2D eigenvalue weighted by molar-refractivity contribution is 6.09. The Bertz CT molecular complexity index is 869. The molecule has 0 aromatic heterocycles. The Morgan fingerprint density at radius 1 is 1.25 bits per heavy atom. The van der Waals surface area contributed by atoms with E-state index in [0.717, 1.165) is 61.4 Å². The van der Waals surface area contributed by atoms with E-state index < -0.39 is 11.6 Å². The summed E-state index contributed by atoms with van der Waals surface area (Å²) in [7, 11) is 1.64. The zero-order valence-corrected chi connectivity index (χ0v) is 19.1. The molecular formula is C24H34N4O4. The molecule has 2 heterocycles. The minimum absolute atomic E-state index is 0.0179. The minimum Gasteiger partial charge on any atom is -0.497 e. The standard InChI is InChI=1S/C24H34N4O4/c1-17-8-3-4-11-24(17)22(30)28(23(31)26-24)16-21(29)25-15-20(27-12-5-6-13-27)18-9-7-10-19(14-18)32-2/h7,9-10,14,17,20H,3-6,8,11-13,15-16H2,1-2H3,(H,25,29)(H,26,31). The third kappa shape index (κ3) is 4.33. The fourth-order valence-corrected chi connectivity index (χ4v) is 5.41. The van der Waals surface area contributed by atoms with Crippen LogP contribution in [0.4, 0.5) is 4.79 Å². The summed E-state index contributed by atoms with van der Waals surface area (Å²) in [4.78, 5) is 41.9. The molecule has 3 aliphatic rings. The van der Waals surface area contributed by atoms with Gasteiger partial charge in [-0.2, -0.15) is 0 Å². The lowest BCUT2D eigenvalue weighted by Gasteiger charge is -2.36. The van der Waals surface area contributed by atoms with Crippen molar-refractivity contribution < 1.29 is 19.1 Å². The Balaban J connectivity index is 1.41. The molecule has 4 rings (SSSR count). The number of methoxy groups -OCH3 is 1. The second-order valence-corrected chi connectivity index (χ2v) is 9.28. The van der Waals surface area contributed by atoms with Crippen molar-refractivity contribution in [2.75, 3.05) is 33.3 Å². The summed E-state index contributed by atoms with van der Waals surface area (Å²) in [5.41, 5.74) is 0.241. The number of urea groups is 1. The molecule has 1 aromatic rings. The van der Waals surface area contributed by atoms with Crippen molar-refractivity contribution in [2.24, 2.45) is 5.92 Å². The van der Waals surface area contributed by atoms with E-state index in [9.17, 15) is 14.4 Å². The summed E-state index contributed by atoms with van der Waals surface area (Å²) in [5.74, 6) is 0.285. The number of carbonyl (C=O) groups is 3. The van der Waals surface area contributed by atoms with Crippen LogP contribution in [0.15, 0.2) is 24.3 Å². The third-order valence-electron chi connectivity index (χ3n) is 7.36. The van der Waals surface area contributed by atoms with Crippen LogP contribution in [-0.2, 0) is 9.59 Å². The van der Waals surface area contributed by atoms with Crippen molar-refractivity contribution in [1.82, 2.24) is 20.4 Å². The van der Waals surface area contributed by atoms with Gasteiger partial charge in [-0.1, -0.05) is 31.9 Å². The van der Waals surface area contributed by atoms with Gasteiger partial charge in [0.25, 0.3) is 5.91 Å². The minimum atomic E-state index is -0.839. The average molecular weight is 443 g/mol. The second-order valence-electron chi connectivity index (χ2n) is 9.28. The van der Waals surface area contributed by atoms with E-state index in [2.05, 4.69) is 15.5 Å². The molecule has 174 valence electrons. The first kappa shape index (κ1) is 22.6. The predicted octanol–water partition coefficient (Wildman–Crippen LogP) is 2.45. The van der Waals surface area contributed by atoms with Gasteiger partial charge in [-0.3, -0.25) is 19.4 Å². The lowest BCUT2D eigenvalue weighted by Crippen LogP contribution is -2.54. The highest BCUT2D eigenvalue weighted by atomic mass is 16.5. The number of benzene rings is 1. The summed E-state index contributed by atoms with van der Waals surface area (Å²) < 4.78 is 5.37. The fourth-order valence-electron chi connectivity index (χ4n) is 5.41. The molecule has 32 heavy (non-hydrogen) atoms. The van der Waals surface area contributed by atoms with Gasteiger partial charge in [-0.05, 0) is 62.4 Å². The van der Waals surface area contributed by atoms with Crippen molar-refractivity contribution in [2.45, 2.75) is 57.0 Å². The molecule has 4 amide bonds. The quantitative estimate of drug-likeness (QED) is 0.633. The first-order valence-electron chi connectivity index (χ1n) is 11.7. The summed E-state index contributed by atoms with van der Waals surface area (Å²) in [6.07, 6.45) is 5.80. The zero-order chi connectivity index (χ0) is 22.7. The number of nitrogens with zero attached hydrogens (tertiary/aromatic N) is 2. The Morgan fingerprint density at radius 2 is 2.03 bits per heavy atom. The highest BCUT2D eigenvalue weighted by Gasteiger charge is 2.55. The van der Waals surface area contributed by atoms with Gasteiger partial charge in [0.05, 0.1) is 13.2 Å². The summed E-state index contributed by atoms with van der Waals surface area (Å²) in [6.45, 7) is 4.13. The van der Waals surface area contributed by atoms with E-state index in [1.165, 1.54) is 0 Å². The largest absolute Gasteiger partial charge is 0.497 e. The molecule has 1 aromatic carbocycles. The molecule has 8 nitrogen and oxygen atoms in total. The van der Waals surface area contributed by atoms with E-state index in [-0.39, 0.29) is 30.3 Å². The molecule has 2 N–H and O–H groups in total. The van der Waals surface area contributed by atoms with E-state index in [1.54, 1.807) is 7.11 Å². The molecular weight excluding hydrogens is 408 g/mol. The molecule has 0 bridgehead atoms. The number of hydrogen-bond acceptors (Lipinski definition) is 5. The van der Waals surface area contributed by atoms with Gasteiger partial charge < -0.3 is 15.4 Å². The molecule has 2 saturated heterocycles. The van der Waals surface area contributed by atoms with Crippen molar-refractivity contribution in [3.63, 3.8) is 0 Å². The van der Waals surface area contributed by atoms with Crippen LogP contribution in [0.1, 0.15) is 57.1 Å². The van der Waals surface area contributed by atoms with Crippen LogP contribution in [0, 0.1) is 5.92 Å². The van der Waals surface area contributed by atoms with Crippen LogP contribution in [0.25, 0.3) is 0 Å². The number of carbonyl (C=O) groups excluding carboxylic acids is 3. The second kappa shape index (κ2) is 9.48. The van der Waals surface area contributed by atoms with Crippen molar-refractivity contribution in [3.05, 3.63) is 29.8 Å². The average Bonchev–Trinajstić information content (AvgIpc) is 3.40. The van der Waals surface area contributed by atoms with Gasteiger partial charge >= 0.3 is 6.03 Å². The maximum absolute atomic E-state index is 13.1. The summed E-state index contributed by atoms with van der Waals surface area (Å²) >= 11 is 0. The van der Waals surface area contributed by atoms with Gasteiger partial charge in [0.2, 0.25) is 5.91 Å². The van der Waals surface area contributed by atoms with Crippen molar-refractivity contribution >= 4 is 17.8 Å². The molecule has 2 aliphatic heterocycles. The molecule has 8 heteroatoms. The lowest BCUT2D eigenvalue weighted by atomic mass is 9.73. The van der Waals surface area contributed by atoms with E-state index in [0.29, 0.717) is 13.0 Å². The summed E-state index contributed by atoms with van der Waals surface area (Å²) in [5, 5.41) is 5.88. The van der Waals surface area contributed by atoms with Gasteiger partial charge in [0, 0.05) is 6.54 Å².